The Bertz CT molecular complexity index is 891. The molecule has 0 amide bonds. The number of hydrogen-bond donors (Lipinski definition) is 1. The average molecular weight is 464 g/mol. The third kappa shape index (κ3) is 4.81. The van der Waals surface area contributed by atoms with Crippen molar-refractivity contribution in [2.75, 3.05) is 19.5 Å². The number of esters is 1. The van der Waals surface area contributed by atoms with E-state index < -0.39 is 0 Å². The van der Waals surface area contributed by atoms with Gasteiger partial charge in [0.2, 0.25) is 5.89 Å². The molecule has 4 rings (SSSR count). The summed E-state index contributed by atoms with van der Waals surface area (Å²) in [6.07, 6.45) is 4.14. The van der Waals surface area contributed by atoms with Crippen molar-refractivity contribution >= 4 is 12.0 Å². The molecule has 0 bridgehead atoms. The summed E-state index contributed by atoms with van der Waals surface area (Å²) >= 11 is 0. The number of nitrogen functional groups attached to an aromatic ring is 1. The van der Waals surface area contributed by atoms with E-state index in [0.29, 0.717) is 18.9 Å². The van der Waals surface area contributed by atoms with E-state index in [1.54, 1.807) is 7.11 Å². The molecule has 7 atom stereocenters. The maximum absolute atomic E-state index is 13.0. The Morgan fingerprint density at radius 2 is 2.06 bits per heavy atom. The third-order valence-corrected chi connectivity index (χ3v) is 7.48. The van der Waals surface area contributed by atoms with E-state index in [4.69, 9.17) is 29.1 Å². The first kappa shape index (κ1) is 24.2. The molecular weight excluding hydrogens is 426 g/mol. The number of ether oxygens (including phenoxy) is 4. The van der Waals surface area contributed by atoms with Gasteiger partial charge in [-0.2, -0.15) is 0 Å². The molecule has 3 fully saturated rings. The average Bonchev–Trinajstić information content (AvgIpc) is 3.62. The fraction of sp³-hybridized carbons (Fsp3) is 0.792. The minimum absolute atomic E-state index is 0.00579. The number of nitrogens with zero attached hydrogens (tertiary/aromatic N) is 2. The molecule has 2 N–H and O–H groups in total. The lowest BCUT2D eigenvalue weighted by molar-refractivity contribution is -0.172. The zero-order valence-electron chi connectivity index (χ0n) is 20.5. The summed E-state index contributed by atoms with van der Waals surface area (Å²) in [7, 11) is 1.68. The van der Waals surface area contributed by atoms with Crippen molar-refractivity contribution in [2.24, 2.45) is 11.8 Å². The van der Waals surface area contributed by atoms with Crippen LogP contribution in [0.3, 0.4) is 0 Å². The number of anilines is 1. The van der Waals surface area contributed by atoms with Gasteiger partial charge in [-0.15, -0.1) is 5.10 Å². The summed E-state index contributed by atoms with van der Waals surface area (Å²) in [5.41, 5.74) is 6.23. The topological polar surface area (TPSA) is 126 Å². The SMILES string of the molecule is CO[C@@H]1[C@H](OC(=O)C[C@H](c2nnc(N)o2)C(C)C)CC[C@]2(CO2)[C@H]1[C@@]1(C)O[C@@H]1CC=C(C)C. The maximum Gasteiger partial charge on any atom is 0.312 e. The van der Waals surface area contributed by atoms with Gasteiger partial charge >= 0.3 is 12.0 Å². The fourth-order valence-electron chi connectivity index (χ4n) is 5.47. The second kappa shape index (κ2) is 9.00. The highest BCUT2D eigenvalue weighted by molar-refractivity contribution is 5.70. The summed E-state index contributed by atoms with van der Waals surface area (Å²) in [5, 5.41) is 7.70. The number of nitrogens with two attached hydrogens (primary N) is 1. The molecule has 9 heteroatoms. The normalized spacial score (nSPS) is 36.0. The lowest BCUT2D eigenvalue weighted by atomic mass is 9.68. The van der Waals surface area contributed by atoms with Gasteiger partial charge in [0.15, 0.2) is 0 Å². The van der Waals surface area contributed by atoms with Crippen LogP contribution in [0, 0.1) is 11.8 Å². The predicted molar refractivity (Wildman–Crippen MR) is 120 cm³/mol. The van der Waals surface area contributed by atoms with Crippen molar-refractivity contribution in [2.45, 2.75) is 95.7 Å². The van der Waals surface area contributed by atoms with Gasteiger partial charge in [0.1, 0.15) is 23.4 Å². The number of hydrogen-bond acceptors (Lipinski definition) is 9. The van der Waals surface area contributed by atoms with Gasteiger partial charge in [0.05, 0.1) is 31.0 Å². The van der Waals surface area contributed by atoms with E-state index in [0.717, 1.165) is 12.8 Å². The van der Waals surface area contributed by atoms with Crippen LogP contribution in [-0.4, -0.2) is 59.4 Å². The molecule has 1 aromatic rings. The standard InChI is InChI=1S/C24H37N3O6/c1-13(2)7-8-17-23(5,33-17)20-19(29-6)16(9-10-24(20)12-30-24)31-18(28)11-15(14(3)4)21-26-27-22(25)32-21/h7,14-17,19-20H,8-12H2,1-6H3,(H2,25,27)/t15-,16+,17+,19+,20+,23-,24-/m0/s1. The van der Waals surface area contributed by atoms with Crippen LogP contribution in [0.25, 0.3) is 0 Å². The minimum Gasteiger partial charge on any atom is -0.460 e. The summed E-state index contributed by atoms with van der Waals surface area (Å²) in [5.74, 6) is -0.123. The van der Waals surface area contributed by atoms with Gasteiger partial charge < -0.3 is 29.1 Å². The number of carbonyl (C=O) groups excluding carboxylic acids is 1. The molecule has 1 aliphatic carbocycles. The lowest BCUT2D eigenvalue weighted by Crippen LogP contribution is -2.55. The molecule has 1 saturated carbocycles. The van der Waals surface area contributed by atoms with Crippen LogP contribution < -0.4 is 5.73 Å². The number of methoxy groups -OCH3 is 1. The molecule has 33 heavy (non-hydrogen) atoms. The van der Waals surface area contributed by atoms with Crippen molar-refractivity contribution in [3.05, 3.63) is 17.5 Å². The van der Waals surface area contributed by atoms with Gasteiger partial charge in [-0.25, -0.2) is 0 Å². The number of aromatic nitrogens is 2. The molecule has 0 unspecified atom stereocenters. The van der Waals surface area contributed by atoms with E-state index in [-0.39, 0.29) is 65.7 Å². The van der Waals surface area contributed by atoms with Crippen molar-refractivity contribution in [1.29, 1.82) is 0 Å². The molecule has 0 radical (unpaired) electrons. The molecule has 3 aliphatic rings. The molecule has 2 saturated heterocycles. The molecule has 3 heterocycles. The zero-order valence-corrected chi connectivity index (χ0v) is 20.5. The first-order valence-electron chi connectivity index (χ1n) is 11.9. The zero-order chi connectivity index (χ0) is 24.0. The Labute approximate surface area is 195 Å². The van der Waals surface area contributed by atoms with Crippen LogP contribution in [0.4, 0.5) is 6.01 Å². The maximum atomic E-state index is 13.0. The summed E-state index contributed by atoms with van der Waals surface area (Å²) in [4.78, 5) is 13.0. The van der Waals surface area contributed by atoms with Crippen LogP contribution in [0.5, 0.6) is 0 Å². The van der Waals surface area contributed by atoms with Crippen LogP contribution in [0.1, 0.15) is 72.1 Å². The van der Waals surface area contributed by atoms with Crippen molar-refractivity contribution in [3.8, 4) is 0 Å². The molecule has 2 aliphatic heterocycles. The Morgan fingerprint density at radius 3 is 2.61 bits per heavy atom. The van der Waals surface area contributed by atoms with Gasteiger partial charge in [-0.05, 0) is 46.0 Å². The highest BCUT2D eigenvalue weighted by Gasteiger charge is 2.72. The quantitative estimate of drug-likeness (QED) is 0.333. The number of rotatable bonds is 9. The summed E-state index contributed by atoms with van der Waals surface area (Å²) < 4.78 is 29.6. The Hall–Kier alpha value is -1.97. The summed E-state index contributed by atoms with van der Waals surface area (Å²) in [6, 6.07) is -0.00587. The number of allylic oxidation sites excluding steroid dienone is 1. The molecule has 1 aromatic heterocycles. The molecule has 1 spiro atoms. The highest BCUT2D eigenvalue weighted by Crippen LogP contribution is 2.59. The lowest BCUT2D eigenvalue weighted by Gasteiger charge is -2.42. The minimum atomic E-state index is -0.368. The predicted octanol–water partition coefficient (Wildman–Crippen LogP) is 3.40. The van der Waals surface area contributed by atoms with Gasteiger partial charge in [-0.1, -0.05) is 30.6 Å². The second-order valence-corrected chi connectivity index (χ2v) is 10.4. The van der Waals surface area contributed by atoms with Gasteiger partial charge in [0, 0.05) is 7.11 Å². The fourth-order valence-corrected chi connectivity index (χ4v) is 5.47. The van der Waals surface area contributed by atoms with Crippen molar-refractivity contribution < 1.29 is 28.2 Å². The van der Waals surface area contributed by atoms with E-state index in [1.807, 2.05) is 13.8 Å². The van der Waals surface area contributed by atoms with E-state index in [9.17, 15) is 4.79 Å². The van der Waals surface area contributed by atoms with Crippen LogP contribution in [0.2, 0.25) is 0 Å². The van der Waals surface area contributed by atoms with Gasteiger partial charge in [0.25, 0.3) is 0 Å². The number of epoxide rings is 2. The van der Waals surface area contributed by atoms with E-state index in [1.165, 1.54) is 5.57 Å². The first-order chi connectivity index (χ1) is 15.6. The van der Waals surface area contributed by atoms with Crippen LogP contribution in [0.15, 0.2) is 16.1 Å². The Kier molecular flexibility index (Phi) is 6.59. The largest absolute Gasteiger partial charge is 0.460 e. The van der Waals surface area contributed by atoms with Crippen molar-refractivity contribution in [3.63, 3.8) is 0 Å². The van der Waals surface area contributed by atoms with Gasteiger partial charge in [-0.3, -0.25) is 4.79 Å². The monoisotopic (exact) mass is 463 g/mol. The number of carbonyl (C=O) groups is 1. The molecule has 9 nitrogen and oxygen atoms in total. The van der Waals surface area contributed by atoms with Crippen LogP contribution in [-0.2, 0) is 23.7 Å². The Balaban J connectivity index is 1.46. The van der Waals surface area contributed by atoms with E-state index >= 15 is 0 Å². The van der Waals surface area contributed by atoms with Crippen molar-refractivity contribution in [1.82, 2.24) is 10.2 Å². The van der Waals surface area contributed by atoms with E-state index in [2.05, 4.69) is 37.0 Å². The highest BCUT2D eigenvalue weighted by atomic mass is 16.6. The molecular formula is C24H37N3O6. The van der Waals surface area contributed by atoms with Crippen LogP contribution >= 0.6 is 0 Å². The first-order valence-corrected chi connectivity index (χ1v) is 11.9. The molecule has 184 valence electrons. The Morgan fingerprint density at radius 1 is 1.33 bits per heavy atom. The smallest absolute Gasteiger partial charge is 0.312 e. The molecule has 0 aromatic carbocycles. The summed E-state index contributed by atoms with van der Waals surface area (Å²) in [6.45, 7) is 11.0. The third-order valence-electron chi connectivity index (χ3n) is 7.48. The second-order valence-electron chi connectivity index (χ2n) is 10.4.